The van der Waals surface area contributed by atoms with Crippen LogP contribution >= 0.6 is 0 Å². The summed E-state index contributed by atoms with van der Waals surface area (Å²) in [7, 11) is 0. The summed E-state index contributed by atoms with van der Waals surface area (Å²) in [5, 5.41) is 5.73. The van der Waals surface area contributed by atoms with Gasteiger partial charge in [-0.25, -0.2) is 9.59 Å². The normalized spacial score (nSPS) is 17.7. The highest BCUT2D eigenvalue weighted by atomic mass is 16.6. The maximum absolute atomic E-state index is 12.3. The lowest BCUT2D eigenvalue weighted by Crippen LogP contribution is -2.47. The topological polar surface area (TPSA) is 83.6 Å². The van der Waals surface area contributed by atoms with Crippen molar-refractivity contribution in [2.45, 2.75) is 45.8 Å². The van der Waals surface area contributed by atoms with E-state index >= 15 is 0 Å². The number of amides is 3. The van der Waals surface area contributed by atoms with Gasteiger partial charge in [-0.15, -0.1) is 0 Å². The van der Waals surface area contributed by atoms with E-state index in [-0.39, 0.29) is 11.9 Å². The Bertz CT molecular complexity index is 571. The summed E-state index contributed by atoms with van der Waals surface area (Å²) in [5.41, 5.74) is 0.513. The molecule has 138 valence electrons. The van der Waals surface area contributed by atoms with Crippen LogP contribution in [0.3, 0.4) is 0 Å². The zero-order valence-electron chi connectivity index (χ0n) is 15.2. The minimum atomic E-state index is -0.504. The van der Waals surface area contributed by atoms with Crippen molar-refractivity contribution < 1.29 is 14.3 Å². The van der Waals surface area contributed by atoms with E-state index in [2.05, 4.69) is 15.6 Å². The number of piperidine rings is 1. The Balaban J connectivity index is 1.74. The second-order valence-electron chi connectivity index (χ2n) is 7.35. The molecule has 1 aromatic rings. The second-order valence-corrected chi connectivity index (χ2v) is 7.35. The van der Waals surface area contributed by atoms with Gasteiger partial charge in [0.2, 0.25) is 0 Å². The predicted octanol–water partition coefficient (Wildman–Crippen LogP) is 2.53. The van der Waals surface area contributed by atoms with E-state index in [0.29, 0.717) is 19.6 Å². The summed E-state index contributed by atoms with van der Waals surface area (Å²) in [5.74, 6) is 0.243. The molecule has 0 saturated carbocycles. The van der Waals surface area contributed by atoms with E-state index in [9.17, 15) is 9.59 Å². The van der Waals surface area contributed by atoms with E-state index in [1.807, 2.05) is 37.8 Å². The van der Waals surface area contributed by atoms with Gasteiger partial charge in [0.1, 0.15) is 5.60 Å². The molecule has 1 atom stereocenters. The molecule has 1 fully saturated rings. The third-order valence-electron chi connectivity index (χ3n) is 3.93. The Hall–Kier alpha value is -2.31. The van der Waals surface area contributed by atoms with Crippen molar-refractivity contribution in [2.75, 3.05) is 19.6 Å². The molecule has 7 nitrogen and oxygen atoms in total. The summed E-state index contributed by atoms with van der Waals surface area (Å²) >= 11 is 0. The number of ether oxygens (including phenoxy) is 1. The van der Waals surface area contributed by atoms with E-state index in [4.69, 9.17) is 4.74 Å². The Kier molecular flexibility index (Phi) is 6.61. The molecule has 1 aliphatic rings. The summed E-state index contributed by atoms with van der Waals surface area (Å²) < 4.78 is 5.24. The predicted molar refractivity (Wildman–Crippen MR) is 95.0 cm³/mol. The number of nitrogens with one attached hydrogen (secondary N) is 2. The minimum absolute atomic E-state index is 0.0706. The first-order valence-corrected chi connectivity index (χ1v) is 8.72. The summed E-state index contributed by atoms with van der Waals surface area (Å²) in [4.78, 5) is 29.8. The number of carbonyl (C=O) groups is 2. The monoisotopic (exact) mass is 348 g/mol. The highest BCUT2D eigenvalue weighted by molar-refractivity contribution is 5.74. The number of alkyl carbamates (subject to hydrolysis) is 1. The average Bonchev–Trinajstić information content (AvgIpc) is 2.57. The molecule has 2 rings (SSSR count). The van der Waals surface area contributed by atoms with Gasteiger partial charge in [-0.3, -0.25) is 4.98 Å². The molecule has 25 heavy (non-hydrogen) atoms. The van der Waals surface area contributed by atoms with Crippen LogP contribution in [0.15, 0.2) is 24.5 Å². The first-order valence-electron chi connectivity index (χ1n) is 8.72. The summed E-state index contributed by atoms with van der Waals surface area (Å²) in [6, 6.07) is 3.69. The molecule has 1 aromatic heterocycles. The van der Waals surface area contributed by atoms with Crippen molar-refractivity contribution in [3.05, 3.63) is 30.1 Å². The molecule has 3 amide bonds. The molecule has 0 bridgehead atoms. The van der Waals surface area contributed by atoms with Crippen LogP contribution in [0.1, 0.15) is 39.2 Å². The highest BCUT2D eigenvalue weighted by Gasteiger charge is 2.24. The van der Waals surface area contributed by atoms with Crippen LogP contribution in [0.2, 0.25) is 0 Å². The van der Waals surface area contributed by atoms with Gasteiger partial charge in [-0.1, -0.05) is 0 Å². The molecular weight excluding hydrogens is 320 g/mol. The maximum Gasteiger partial charge on any atom is 0.407 e. The van der Waals surface area contributed by atoms with Crippen LogP contribution < -0.4 is 10.6 Å². The van der Waals surface area contributed by atoms with Crippen LogP contribution in [0.4, 0.5) is 9.59 Å². The van der Waals surface area contributed by atoms with Gasteiger partial charge in [0.05, 0.1) is 0 Å². The average molecular weight is 348 g/mol. The fourth-order valence-corrected chi connectivity index (χ4v) is 2.75. The third kappa shape index (κ3) is 6.99. The Morgan fingerprint density at radius 1 is 1.28 bits per heavy atom. The van der Waals surface area contributed by atoms with Crippen molar-refractivity contribution in [1.82, 2.24) is 20.5 Å². The smallest absolute Gasteiger partial charge is 0.407 e. The van der Waals surface area contributed by atoms with Gasteiger partial charge >= 0.3 is 12.1 Å². The standard InChI is InChI=1S/C18H28N4O3/c1-18(2,3)25-17(24)21-12-15-5-4-10-22(13-15)16(23)20-11-14-6-8-19-9-7-14/h6-9,15H,4-5,10-13H2,1-3H3,(H,20,23)(H,21,24). The number of hydrogen-bond acceptors (Lipinski definition) is 4. The number of nitrogens with zero attached hydrogens (tertiary/aromatic N) is 2. The molecule has 1 aliphatic heterocycles. The van der Waals surface area contributed by atoms with Crippen molar-refractivity contribution in [2.24, 2.45) is 5.92 Å². The van der Waals surface area contributed by atoms with Gasteiger partial charge < -0.3 is 20.3 Å². The van der Waals surface area contributed by atoms with Crippen LogP contribution in [0.25, 0.3) is 0 Å². The lowest BCUT2D eigenvalue weighted by molar-refractivity contribution is 0.0511. The fraction of sp³-hybridized carbons (Fsp3) is 0.611. The number of hydrogen-bond donors (Lipinski definition) is 2. The van der Waals surface area contributed by atoms with E-state index < -0.39 is 11.7 Å². The zero-order valence-corrected chi connectivity index (χ0v) is 15.2. The first-order chi connectivity index (χ1) is 11.8. The van der Waals surface area contributed by atoms with E-state index in [1.54, 1.807) is 12.4 Å². The summed E-state index contributed by atoms with van der Waals surface area (Å²) in [6.07, 6.45) is 4.93. The lowest BCUT2D eigenvalue weighted by Gasteiger charge is -2.33. The molecule has 0 aromatic carbocycles. The first kappa shape index (κ1) is 19.0. The van der Waals surface area contributed by atoms with Crippen LogP contribution in [-0.2, 0) is 11.3 Å². The minimum Gasteiger partial charge on any atom is -0.444 e. The van der Waals surface area contributed by atoms with Crippen LogP contribution in [-0.4, -0.2) is 47.2 Å². The van der Waals surface area contributed by atoms with Crippen molar-refractivity contribution in [3.8, 4) is 0 Å². The van der Waals surface area contributed by atoms with Gasteiger partial charge in [0.25, 0.3) is 0 Å². The molecule has 0 radical (unpaired) electrons. The van der Waals surface area contributed by atoms with Crippen molar-refractivity contribution in [1.29, 1.82) is 0 Å². The van der Waals surface area contributed by atoms with Crippen molar-refractivity contribution in [3.63, 3.8) is 0 Å². The molecule has 2 N–H and O–H groups in total. The van der Waals surface area contributed by atoms with Gasteiger partial charge in [0, 0.05) is 38.6 Å². The molecule has 1 unspecified atom stereocenters. The third-order valence-corrected chi connectivity index (χ3v) is 3.93. The Morgan fingerprint density at radius 2 is 2.00 bits per heavy atom. The number of urea groups is 1. The highest BCUT2D eigenvalue weighted by Crippen LogP contribution is 2.16. The quantitative estimate of drug-likeness (QED) is 0.876. The maximum atomic E-state index is 12.3. The molecule has 1 saturated heterocycles. The number of likely N-dealkylation sites (tertiary alicyclic amines) is 1. The lowest BCUT2D eigenvalue weighted by atomic mass is 9.98. The number of carbonyl (C=O) groups excluding carboxylic acids is 2. The SMILES string of the molecule is CC(C)(C)OC(=O)NCC1CCCN(C(=O)NCc2ccncc2)C1. The van der Waals surface area contributed by atoms with Crippen molar-refractivity contribution >= 4 is 12.1 Å². The Labute approximate surface area is 149 Å². The van der Waals surface area contributed by atoms with E-state index in [0.717, 1.165) is 24.9 Å². The number of aromatic nitrogens is 1. The van der Waals surface area contributed by atoms with E-state index in [1.165, 1.54) is 0 Å². The largest absolute Gasteiger partial charge is 0.444 e. The molecule has 0 spiro atoms. The molecular formula is C18H28N4O3. The Morgan fingerprint density at radius 3 is 2.68 bits per heavy atom. The molecule has 0 aliphatic carbocycles. The van der Waals surface area contributed by atoms with Gasteiger partial charge in [-0.05, 0) is 57.2 Å². The number of pyridine rings is 1. The zero-order chi connectivity index (χ0) is 18.3. The van der Waals surface area contributed by atoms with Gasteiger partial charge in [-0.2, -0.15) is 0 Å². The fourth-order valence-electron chi connectivity index (χ4n) is 2.75. The molecule has 7 heteroatoms. The number of rotatable bonds is 4. The summed E-state index contributed by atoms with van der Waals surface area (Å²) in [6.45, 7) is 7.89. The second kappa shape index (κ2) is 8.69. The van der Waals surface area contributed by atoms with Crippen LogP contribution in [0.5, 0.6) is 0 Å². The molecule has 2 heterocycles. The van der Waals surface area contributed by atoms with Crippen LogP contribution in [0, 0.1) is 5.92 Å². The van der Waals surface area contributed by atoms with Gasteiger partial charge in [0.15, 0.2) is 0 Å².